The first-order chi connectivity index (χ1) is 13.8. The van der Waals surface area contributed by atoms with E-state index in [1.807, 2.05) is 26.1 Å². The molecule has 1 saturated heterocycles. The van der Waals surface area contributed by atoms with Gasteiger partial charge in [-0.25, -0.2) is 0 Å². The largest absolute Gasteiger partial charge is 0.494 e. The minimum absolute atomic E-state index is 0. The van der Waals surface area contributed by atoms with Crippen molar-refractivity contribution in [2.75, 3.05) is 40.0 Å². The molecule has 3 rings (SSSR count). The van der Waals surface area contributed by atoms with Gasteiger partial charge < -0.3 is 24.7 Å². The van der Waals surface area contributed by atoms with Crippen LogP contribution in [0, 0.1) is 0 Å². The van der Waals surface area contributed by atoms with Crippen molar-refractivity contribution >= 4 is 29.9 Å². The Kier molecular flexibility index (Phi) is 9.80. The molecule has 0 spiro atoms. The van der Waals surface area contributed by atoms with Gasteiger partial charge in [0.05, 0.1) is 6.61 Å². The summed E-state index contributed by atoms with van der Waals surface area (Å²) < 4.78 is 13.4. The van der Waals surface area contributed by atoms with E-state index >= 15 is 0 Å². The molecule has 0 unspecified atom stereocenters. The van der Waals surface area contributed by atoms with Crippen molar-refractivity contribution in [2.45, 2.75) is 31.7 Å². The lowest BCUT2D eigenvalue weighted by molar-refractivity contribution is 0.0513. The Morgan fingerprint density at radius 2 is 1.83 bits per heavy atom. The topological polar surface area (TPSA) is 59.8 Å². The molecule has 1 fully saturated rings. The third-order valence-electron chi connectivity index (χ3n) is 5.37. The van der Waals surface area contributed by atoms with Gasteiger partial charge in [0, 0.05) is 57.7 Å². The number of hydrogen-bond donors (Lipinski definition) is 2. The van der Waals surface area contributed by atoms with Gasteiger partial charge in [0.25, 0.3) is 0 Å². The minimum Gasteiger partial charge on any atom is -0.494 e. The number of hydrogen-bond acceptors (Lipinski definition) is 3. The van der Waals surface area contributed by atoms with Gasteiger partial charge in [-0.3, -0.25) is 4.99 Å². The number of benzene rings is 1. The Bertz CT molecular complexity index is 726. The number of aromatic nitrogens is 1. The lowest BCUT2D eigenvalue weighted by Crippen LogP contribution is -2.48. The van der Waals surface area contributed by atoms with Crippen LogP contribution in [0.3, 0.4) is 0 Å². The van der Waals surface area contributed by atoms with Crippen LogP contribution in [0.4, 0.5) is 0 Å². The average Bonchev–Trinajstić information content (AvgIpc) is 3.25. The first-order valence-electron chi connectivity index (χ1n) is 10.1. The lowest BCUT2D eigenvalue weighted by Gasteiger charge is -2.38. The predicted molar refractivity (Wildman–Crippen MR) is 129 cm³/mol. The Morgan fingerprint density at radius 3 is 2.45 bits per heavy atom. The quantitative estimate of drug-likeness (QED) is 0.324. The molecule has 1 aliphatic rings. The summed E-state index contributed by atoms with van der Waals surface area (Å²) >= 11 is 0. The molecular weight excluding hydrogens is 479 g/mol. The molecule has 1 aromatic heterocycles. The van der Waals surface area contributed by atoms with Gasteiger partial charge >= 0.3 is 0 Å². The highest BCUT2D eigenvalue weighted by Crippen LogP contribution is 2.35. The first-order valence-corrected chi connectivity index (χ1v) is 10.1. The number of nitrogens with one attached hydrogen (secondary N) is 2. The Balaban J connectivity index is 0.00000300. The second kappa shape index (κ2) is 12.1. The zero-order valence-corrected chi connectivity index (χ0v) is 19.7. The van der Waals surface area contributed by atoms with E-state index in [1.54, 1.807) is 0 Å². The van der Waals surface area contributed by atoms with Crippen LogP contribution in [0.5, 0.6) is 5.75 Å². The van der Waals surface area contributed by atoms with E-state index in [0.29, 0.717) is 6.61 Å². The number of ether oxygens (including phenoxy) is 2. The molecule has 0 atom stereocenters. The van der Waals surface area contributed by atoms with Crippen molar-refractivity contribution in [1.29, 1.82) is 0 Å². The number of guanidine groups is 1. The van der Waals surface area contributed by atoms with Gasteiger partial charge in [0.15, 0.2) is 5.96 Å². The number of nitrogens with zero attached hydrogens (tertiary/aromatic N) is 2. The molecular formula is C22H33IN4O2. The van der Waals surface area contributed by atoms with Crippen LogP contribution in [0.15, 0.2) is 53.8 Å². The standard InChI is InChI=1S/C22H32N4O2.HI/c1-3-28-20-8-6-19(7-9-20)22(10-16-27-17-11-22)18-25-21(23-2)24-12-15-26-13-4-5-14-26;/h4-9,13-14H,3,10-12,15-18H2,1-2H3,(H2,23,24,25);1H. The maximum Gasteiger partial charge on any atom is 0.191 e. The van der Waals surface area contributed by atoms with Gasteiger partial charge in [-0.1, -0.05) is 12.1 Å². The third-order valence-corrected chi connectivity index (χ3v) is 5.37. The molecule has 0 amide bonds. The van der Waals surface area contributed by atoms with E-state index in [0.717, 1.165) is 57.4 Å². The first kappa shape index (κ1) is 23.5. The molecule has 2 N–H and O–H groups in total. The van der Waals surface area contributed by atoms with Crippen molar-refractivity contribution < 1.29 is 9.47 Å². The second-order valence-corrected chi connectivity index (χ2v) is 7.12. The van der Waals surface area contributed by atoms with Crippen LogP contribution in [0.25, 0.3) is 0 Å². The van der Waals surface area contributed by atoms with E-state index in [2.05, 4.69) is 56.9 Å². The second-order valence-electron chi connectivity index (χ2n) is 7.12. The van der Waals surface area contributed by atoms with Crippen molar-refractivity contribution in [3.8, 4) is 5.75 Å². The van der Waals surface area contributed by atoms with Crippen LogP contribution >= 0.6 is 24.0 Å². The molecule has 2 heterocycles. The van der Waals surface area contributed by atoms with Crippen molar-refractivity contribution in [1.82, 2.24) is 15.2 Å². The maximum absolute atomic E-state index is 5.65. The summed E-state index contributed by atoms with van der Waals surface area (Å²) in [6, 6.07) is 12.6. The fourth-order valence-electron chi connectivity index (χ4n) is 3.70. The smallest absolute Gasteiger partial charge is 0.191 e. The summed E-state index contributed by atoms with van der Waals surface area (Å²) in [7, 11) is 1.82. The molecule has 1 aromatic carbocycles. The van der Waals surface area contributed by atoms with Crippen LogP contribution < -0.4 is 15.4 Å². The summed E-state index contributed by atoms with van der Waals surface area (Å²) in [5.74, 6) is 1.76. The Hall–Kier alpha value is -1.74. The lowest BCUT2D eigenvalue weighted by atomic mass is 9.74. The van der Waals surface area contributed by atoms with E-state index < -0.39 is 0 Å². The third kappa shape index (κ3) is 6.64. The summed E-state index contributed by atoms with van der Waals surface area (Å²) in [4.78, 5) is 4.39. The predicted octanol–water partition coefficient (Wildman–Crippen LogP) is 3.42. The maximum atomic E-state index is 5.65. The van der Waals surface area contributed by atoms with E-state index in [-0.39, 0.29) is 29.4 Å². The SMILES string of the molecule is CCOc1ccc(C2(CNC(=NC)NCCn3cccc3)CCOCC2)cc1.I. The highest BCUT2D eigenvalue weighted by atomic mass is 127. The summed E-state index contributed by atoms with van der Waals surface area (Å²) in [6.07, 6.45) is 6.13. The summed E-state index contributed by atoms with van der Waals surface area (Å²) in [5, 5.41) is 6.95. The van der Waals surface area contributed by atoms with Crippen LogP contribution in [0.2, 0.25) is 0 Å². The molecule has 160 valence electrons. The highest BCUT2D eigenvalue weighted by Gasteiger charge is 2.34. The molecule has 7 heteroatoms. The fraction of sp³-hybridized carbons (Fsp3) is 0.500. The molecule has 29 heavy (non-hydrogen) atoms. The Labute approximate surface area is 191 Å². The van der Waals surface area contributed by atoms with Gasteiger partial charge in [-0.05, 0) is 49.6 Å². The normalized spacial score (nSPS) is 16.0. The van der Waals surface area contributed by atoms with Crippen molar-refractivity contribution in [3.63, 3.8) is 0 Å². The van der Waals surface area contributed by atoms with E-state index in [4.69, 9.17) is 9.47 Å². The van der Waals surface area contributed by atoms with Crippen LogP contribution in [-0.4, -0.2) is 50.5 Å². The van der Waals surface area contributed by atoms with E-state index in [9.17, 15) is 0 Å². The number of rotatable bonds is 8. The van der Waals surface area contributed by atoms with Crippen molar-refractivity contribution in [3.05, 3.63) is 54.4 Å². The van der Waals surface area contributed by atoms with Crippen LogP contribution in [-0.2, 0) is 16.7 Å². The number of halogens is 1. The molecule has 0 aliphatic carbocycles. The molecule has 1 aliphatic heterocycles. The zero-order valence-electron chi connectivity index (χ0n) is 17.4. The summed E-state index contributed by atoms with van der Waals surface area (Å²) in [6.45, 7) is 6.83. The average molecular weight is 512 g/mol. The summed E-state index contributed by atoms with van der Waals surface area (Å²) in [5.41, 5.74) is 1.37. The highest BCUT2D eigenvalue weighted by molar-refractivity contribution is 14.0. The van der Waals surface area contributed by atoms with Gasteiger partial charge in [-0.2, -0.15) is 0 Å². The van der Waals surface area contributed by atoms with Gasteiger partial charge in [0.2, 0.25) is 0 Å². The minimum atomic E-state index is 0. The molecule has 0 radical (unpaired) electrons. The molecule has 2 aromatic rings. The monoisotopic (exact) mass is 512 g/mol. The zero-order chi connectivity index (χ0) is 19.7. The van der Waals surface area contributed by atoms with Gasteiger partial charge in [-0.15, -0.1) is 24.0 Å². The van der Waals surface area contributed by atoms with Gasteiger partial charge in [0.1, 0.15) is 5.75 Å². The molecule has 6 nitrogen and oxygen atoms in total. The number of aliphatic imine (C=N–C) groups is 1. The van der Waals surface area contributed by atoms with E-state index in [1.165, 1.54) is 5.56 Å². The molecule has 0 saturated carbocycles. The van der Waals surface area contributed by atoms with Crippen molar-refractivity contribution in [2.24, 2.45) is 4.99 Å². The Morgan fingerprint density at radius 1 is 1.14 bits per heavy atom. The van der Waals surface area contributed by atoms with Crippen LogP contribution in [0.1, 0.15) is 25.3 Å². The fourth-order valence-corrected chi connectivity index (χ4v) is 3.70. The molecule has 0 bridgehead atoms.